The van der Waals surface area contributed by atoms with Crippen LogP contribution in [0.2, 0.25) is 0 Å². The minimum absolute atomic E-state index is 0.0267. The number of rotatable bonds is 8. The highest BCUT2D eigenvalue weighted by Gasteiger charge is 2.72. The van der Waals surface area contributed by atoms with Gasteiger partial charge in [-0.15, -0.1) is 0 Å². The molecule has 0 aliphatic heterocycles. The minimum atomic E-state index is -3.31. The molecule has 2 aromatic rings. The van der Waals surface area contributed by atoms with Gasteiger partial charge in [-0.2, -0.15) is 0 Å². The number of carboxylic acids is 1. The summed E-state index contributed by atoms with van der Waals surface area (Å²) in [6.07, 6.45) is 1.14. The van der Waals surface area contributed by atoms with Crippen molar-refractivity contribution in [3.63, 3.8) is 0 Å². The Hall–Kier alpha value is -3.49. The molecule has 2 aromatic carbocycles. The molecule has 3 aliphatic rings. The van der Waals surface area contributed by atoms with E-state index in [9.17, 15) is 23.2 Å². The number of carbonyl (C=O) groups excluding carboxylic acids is 2. The van der Waals surface area contributed by atoms with Gasteiger partial charge >= 0.3 is 12.1 Å². The van der Waals surface area contributed by atoms with Crippen LogP contribution in [0.1, 0.15) is 36.3 Å². The Labute approximate surface area is 200 Å². The monoisotopic (exact) mass is 484 g/mol. The number of halogens is 2. The second-order valence-electron chi connectivity index (χ2n) is 9.62. The number of carbonyl (C=O) groups is 3. The number of alkyl carbamates (subject to hydrolysis) is 1. The zero-order chi connectivity index (χ0) is 24.8. The van der Waals surface area contributed by atoms with Crippen molar-refractivity contribution in [3.8, 4) is 11.1 Å². The first-order valence-corrected chi connectivity index (χ1v) is 11.7. The van der Waals surface area contributed by atoms with E-state index in [0.717, 1.165) is 28.7 Å². The minimum Gasteiger partial charge on any atom is -0.481 e. The molecule has 3 aliphatic carbocycles. The molecule has 3 N–H and O–H groups in total. The lowest BCUT2D eigenvalue weighted by molar-refractivity contribution is -0.141. The van der Waals surface area contributed by atoms with E-state index >= 15 is 0 Å². The lowest BCUT2D eigenvalue weighted by Crippen LogP contribution is -2.53. The van der Waals surface area contributed by atoms with Gasteiger partial charge < -0.3 is 20.5 Å². The van der Waals surface area contributed by atoms with Crippen LogP contribution in [-0.4, -0.2) is 48.7 Å². The van der Waals surface area contributed by atoms with E-state index in [4.69, 9.17) is 9.84 Å². The van der Waals surface area contributed by atoms with Gasteiger partial charge in [0.05, 0.1) is 11.3 Å². The fourth-order valence-electron chi connectivity index (χ4n) is 5.35. The van der Waals surface area contributed by atoms with Crippen molar-refractivity contribution in [3.05, 3.63) is 59.7 Å². The Balaban J connectivity index is 1.15. The normalized spacial score (nSPS) is 22.8. The van der Waals surface area contributed by atoms with Gasteiger partial charge in [0.1, 0.15) is 12.5 Å². The molecule has 2 saturated carbocycles. The van der Waals surface area contributed by atoms with Crippen LogP contribution in [0.15, 0.2) is 48.5 Å². The highest BCUT2D eigenvalue weighted by atomic mass is 19.3. The maximum absolute atomic E-state index is 13.6. The van der Waals surface area contributed by atoms with E-state index in [0.29, 0.717) is 12.8 Å². The van der Waals surface area contributed by atoms with Gasteiger partial charge in [-0.3, -0.25) is 9.59 Å². The summed E-state index contributed by atoms with van der Waals surface area (Å²) >= 11 is 0. The molecular weight excluding hydrogens is 458 g/mol. The van der Waals surface area contributed by atoms with Gasteiger partial charge in [-0.25, -0.2) is 13.6 Å². The van der Waals surface area contributed by atoms with Gasteiger partial charge in [-0.1, -0.05) is 55.0 Å². The van der Waals surface area contributed by atoms with Crippen LogP contribution in [0, 0.1) is 17.3 Å². The highest BCUT2D eigenvalue weighted by molar-refractivity contribution is 5.85. The predicted octanol–water partition coefficient (Wildman–Crippen LogP) is 3.78. The van der Waals surface area contributed by atoms with E-state index < -0.39 is 47.7 Å². The third kappa shape index (κ3) is 4.02. The highest BCUT2D eigenvalue weighted by Crippen LogP contribution is 2.55. The van der Waals surface area contributed by atoms with E-state index in [1.807, 2.05) is 48.5 Å². The molecule has 2 fully saturated rings. The molecule has 7 nitrogen and oxygen atoms in total. The summed E-state index contributed by atoms with van der Waals surface area (Å²) in [6.45, 7) is -0.235. The summed E-state index contributed by atoms with van der Waals surface area (Å²) in [5.41, 5.74) is 3.53. The molecule has 0 heterocycles. The van der Waals surface area contributed by atoms with Crippen molar-refractivity contribution >= 4 is 18.0 Å². The number of nitrogens with one attached hydrogen (secondary N) is 2. The Bertz CT molecular complexity index is 1130. The second-order valence-corrected chi connectivity index (χ2v) is 9.62. The average molecular weight is 484 g/mol. The maximum Gasteiger partial charge on any atom is 0.407 e. The summed E-state index contributed by atoms with van der Waals surface area (Å²) in [6, 6.07) is 16.0. The number of benzene rings is 2. The number of aliphatic carboxylic acids is 1. The molecule has 0 spiro atoms. The van der Waals surface area contributed by atoms with Gasteiger partial charge in [-0.05, 0) is 35.1 Å². The first-order valence-electron chi connectivity index (χ1n) is 11.7. The molecule has 9 heteroatoms. The van der Waals surface area contributed by atoms with Crippen molar-refractivity contribution in [2.24, 2.45) is 17.3 Å². The number of hydrogen-bond acceptors (Lipinski definition) is 4. The quantitative estimate of drug-likeness (QED) is 0.529. The molecule has 0 saturated heterocycles. The lowest BCUT2D eigenvalue weighted by atomic mass is 9.68. The zero-order valence-electron chi connectivity index (χ0n) is 18.9. The summed E-state index contributed by atoms with van der Waals surface area (Å²) in [4.78, 5) is 36.1. The standard InChI is InChI=1S/C26H26F2N2O5/c27-26(28)20(21(26)22(31)32)12-29-23(33)25(10-5-11-25)14-30-24(34)35-13-19-17-8-3-1-6-15(17)16-7-2-4-9-18(16)19/h1-4,6-9,19-21H,5,10-14H2,(H,29,33)(H,30,34)(H,31,32)/t20-,21-/m0/s1. The summed E-state index contributed by atoms with van der Waals surface area (Å²) in [5, 5.41) is 14.0. The smallest absolute Gasteiger partial charge is 0.407 e. The van der Waals surface area contributed by atoms with E-state index in [-0.39, 0.29) is 19.1 Å². The van der Waals surface area contributed by atoms with Crippen molar-refractivity contribution in [2.45, 2.75) is 31.1 Å². The predicted molar refractivity (Wildman–Crippen MR) is 122 cm³/mol. The first kappa shape index (κ1) is 23.3. The Morgan fingerprint density at radius 1 is 0.971 bits per heavy atom. The van der Waals surface area contributed by atoms with Crippen LogP contribution in [0.3, 0.4) is 0 Å². The summed E-state index contributed by atoms with van der Waals surface area (Å²) in [5.74, 6) is -8.59. The number of alkyl halides is 2. The fourth-order valence-corrected chi connectivity index (χ4v) is 5.35. The first-order chi connectivity index (χ1) is 16.7. The van der Waals surface area contributed by atoms with Gasteiger partial charge in [0, 0.05) is 19.0 Å². The number of carboxylic acid groups (broad SMARTS) is 1. The number of ether oxygens (including phenoxy) is 1. The molecule has 2 atom stereocenters. The van der Waals surface area contributed by atoms with Crippen LogP contribution < -0.4 is 10.6 Å². The Morgan fingerprint density at radius 2 is 1.57 bits per heavy atom. The van der Waals surface area contributed by atoms with Gasteiger partial charge in [0.25, 0.3) is 5.92 Å². The summed E-state index contributed by atoms with van der Waals surface area (Å²) in [7, 11) is 0. The van der Waals surface area contributed by atoms with Crippen molar-refractivity contribution in [2.75, 3.05) is 19.7 Å². The van der Waals surface area contributed by atoms with Crippen molar-refractivity contribution < 1.29 is 33.0 Å². The SMILES string of the molecule is O=C(NCC1(C(=O)NC[C@H]2[C@@H](C(=O)O)C2(F)F)CCC1)OCC1c2ccccc2-c2ccccc21. The molecule has 184 valence electrons. The van der Waals surface area contributed by atoms with Gasteiger partial charge in [0.2, 0.25) is 5.91 Å². The van der Waals surface area contributed by atoms with Crippen molar-refractivity contribution in [1.82, 2.24) is 10.6 Å². The number of hydrogen-bond donors (Lipinski definition) is 3. The molecule has 5 rings (SSSR count). The Morgan fingerprint density at radius 3 is 2.09 bits per heavy atom. The van der Waals surface area contributed by atoms with Crippen molar-refractivity contribution in [1.29, 1.82) is 0 Å². The lowest BCUT2D eigenvalue weighted by Gasteiger charge is -2.40. The molecule has 0 bridgehead atoms. The van der Waals surface area contributed by atoms with Crippen LogP contribution in [0.25, 0.3) is 11.1 Å². The van der Waals surface area contributed by atoms with Crippen LogP contribution in [0.4, 0.5) is 13.6 Å². The molecule has 0 aromatic heterocycles. The Kier molecular flexibility index (Phi) is 5.73. The molecular formula is C26H26F2N2O5. The third-order valence-corrected chi connectivity index (χ3v) is 7.66. The molecule has 0 radical (unpaired) electrons. The average Bonchev–Trinajstić information content (AvgIpc) is 3.22. The zero-order valence-corrected chi connectivity index (χ0v) is 18.9. The second kappa shape index (κ2) is 8.62. The molecule has 2 amide bonds. The maximum atomic E-state index is 13.6. The fraction of sp³-hybridized carbons (Fsp3) is 0.423. The number of amides is 2. The van der Waals surface area contributed by atoms with E-state index in [1.54, 1.807) is 0 Å². The third-order valence-electron chi connectivity index (χ3n) is 7.66. The number of fused-ring (bicyclic) bond motifs is 3. The van der Waals surface area contributed by atoms with Gasteiger partial charge in [0.15, 0.2) is 0 Å². The molecule has 0 unspecified atom stereocenters. The molecule has 35 heavy (non-hydrogen) atoms. The van der Waals surface area contributed by atoms with Crippen LogP contribution in [0.5, 0.6) is 0 Å². The topological polar surface area (TPSA) is 105 Å². The summed E-state index contributed by atoms with van der Waals surface area (Å²) < 4.78 is 32.7. The van der Waals surface area contributed by atoms with Crippen LogP contribution >= 0.6 is 0 Å². The largest absolute Gasteiger partial charge is 0.481 e. The van der Waals surface area contributed by atoms with E-state index in [2.05, 4.69) is 10.6 Å². The van der Waals surface area contributed by atoms with E-state index in [1.165, 1.54) is 0 Å². The van der Waals surface area contributed by atoms with Crippen LogP contribution in [-0.2, 0) is 14.3 Å².